The van der Waals surface area contributed by atoms with Crippen molar-refractivity contribution in [2.24, 2.45) is 0 Å². The Morgan fingerprint density at radius 1 is 0.778 bits per heavy atom. The van der Waals surface area contributed by atoms with Crippen molar-refractivity contribution in [1.29, 1.82) is 0 Å². The van der Waals surface area contributed by atoms with E-state index in [4.69, 9.17) is 40.8 Å². The molecule has 0 saturated carbocycles. The molecule has 0 heterocycles. The first-order valence-electron chi connectivity index (χ1n) is 9.13. The van der Waals surface area contributed by atoms with Crippen LogP contribution in [0.1, 0.15) is 49.7 Å². The van der Waals surface area contributed by atoms with Crippen molar-refractivity contribution in [1.82, 2.24) is 0 Å². The average Bonchev–Trinajstić information content (AvgIpc) is 2.69. The van der Waals surface area contributed by atoms with Crippen LogP contribution in [0.15, 0.2) is 48.5 Å². The molecule has 0 aliphatic rings. The van der Waals surface area contributed by atoms with Crippen LogP contribution in [0.25, 0.3) is 0 Å². The molecule has 0 saturated heterocycles. The van der Waals surface area contributed by atoms with Gasteiger partial charge in [-0.1, -0.05) is 85.3 Å². The van der Waals surface area contributed by atoms with Gasteiger partial charge < -0.3 is 4.74 Å². The molecule has 0 bridgehead atoms. The number of halogens is 2. The van der Waals surface area contributed by atoms with Gasteiger partial charge in [-0.3, -0.25) is 0 Å². The number of ether oxygens (including phenoxy) is 1. The van der Waals surface area contributed by atoms with E-state index in [1.807, 2.05) is 48.5 Å². The SMILES string of the molecule is C#CC(c1ccccc1Cl)C(CC)OC(CC)C(C#C)c1ccccc1Cl. The summed E-state index contributed by atoms with van der Waals surface area (Å²) >= 11 is 12.7. The molecule has 2 rings (SSSR count). The quantitative estimate of drug-likeness (QED) is 0.449. The Morgan fingerprint density at radius 3 is 1.44 bits per heavy atom. The molecule has 2 aromatic rings. The second-order valence-corrected chi connectivity index (χ2v) is 7.18. The zero-order valence-corrected chi connectivity index (χ0v) is 17.2. The van der Waals surface area contributed by atoms with Gasteiger partial charge in [0, 0.05) is 10.0 Å². The lowest BCUT2D eigenvalue weighted by Crippen LogP contribution is -2.30. The Kier molecular flexibility index (Phi) is 8.27. The molecule has 1 nitrogen and oxygen atoms in total. The van der Waals surface area contributed by atoms with Gasteiger partial charge >= 0.3 is 0 Å². The van der Waals surface area contributed by atoms with Gasteiger partial charge in [-0.25, -0.2) is 0 Å². The van der Waals surface area contributed by atoms with Gasteiger partial charge in [-0.15, -0.1) is 12.8 Å². The summed E-state index contributed by atoms with van der Waals surface area (Å²) in [7, 11) is 0. The molecular formula is C24H24Cl2O. The van der Waals surface area contributed by atoms with Gasteiger partial charge in [0.05, 0.1) is 24.0 Å². The van der Waals surface area contributed by atoms with Gasteiger partial charge in [0.25, 0.3) is 0 Å². The third-order valence-corrected chi connectivity index (χ3v) is 5.43. The van der Waals surface area contributed by atoms with E-state index < -0.39 is 0 Å². The Labute approximate surface area is 173 Å². The summed E-state index contributed by atoms with van der Waals surface area (Å²) in [5, 5.41) is 1.30. The van der Waals surface area contributed by atoms with Crippen LogP contribution in [0.2, 0.25) is 10.0 Å². The molecule has 0 aromatic heterocycles. The molecule has 0 radical (unpaired) electrons. The predicted octanol–water partition coefficient (Wildman–Crippen LogP) is 6.70. The number of hydrogen-bond donors (Lipinski definition) is 0. The lowest BCUT2D eigenvalue weighted by atomic mass is 9.89. The van der Waals surface area contributed by atoms with Crippen LogP contribution in [-0.2, 0) is 4.74 Å². The van der Waals surface area contributed by atoms with E-state index in [0.717, 1.165) is 24.0 Å². The minimum atomic E-state index is -0.248. The largest absolute Gasteiger partial charge is 0.372 e. The first kappa shape index (κ1) is 21.4. The first-order chi connectivity index (χ1) is 13.1. The third kappa shape index (κ3) is 5.09. The number of rotatable bonds is 8. The standard InChI is InChI=1S/C24H24Cl2O/c1-5-17(19-13-9-11-15-21(19)25)23(7-3)27-24(8-4)18(6-2)20-14-10-12-16-22(20)26/h1-2,9-18,23-24H,7-8H2,3-4H3. The van der Waals surface area contributed by atoms with Crippen molar-refractivity contribution in [3.63, 3.8) is 0 Å². The maximum atomic E-state index is 6.47. The molecule has 0 aliphatic heterocycles. The van der Waals surface area contributed by atoms with Gasteiger partial charge in [0.2, 0.25) is 0 Å². The Bertz CT molecular complexity index is 761. The van der Waals surface area contributed by atoms with E-state index in [-0.39, 0.29) is 24.0 Å². The number of benzene rings is 2. The predicted molar refractivity (Wildman–Crippen MR) is 115 cm³/mol. The van der Waals surface area contributed by atoms with Crippen LogP contribution in [0, 0.1) is 24.7 Å². The van der Waals surface area contributed by atoms with Crippen molar-refractivity contribution in [3.8, 4) is 24.7 Å². The fraction of sp³-hybridized carbons (Fsp3) is 0.333. The van der Waals surface area contributed by atoms with Crippen molar-refractivity contribution in [3.05, 3.63) is 69.7 Å². The molecule has 4 atom stereocenters. The van der Waals surface area contributed by atoms with E-state index in [1.54, 1.807) is 0 Å². The third-order valence-electron chi connectivity index (χ3n) is 4.74. The van der Waals surface area contributed by atoms with Crippen molar-refractivity contribution < 1.29 is 4.74 Å². The molecule has 2 aromatic carbocycles. The molecule has 0 aliphatic carbocycles. The van der Waals surface area contributed by atoms with Gasteiger partial charge in [-0.2, -0.15) is 0 Å². The van der Waals surface area contributed by atoms with Crippen LogP contribution in [0.4, 0.5) is 0 Å². The highest BCUT2D eigenvalue weighted by molar-refractivity contribution is 6.31. The molecule has 0 fully saturated rings. The fourth-order valence-corrected chi connectivity index (χ4v) is 3.80. The summed E-state index contributed by atoms with van der Waals surface area (Å²) in [6.45, 7) is 4.11. The van der Waals surface area contributed by atoms with E-state index in [2.05, 4.69) is 25.7 Å². The number of hydrogen-bond acceptors (Lipinski definition) is 1. The van der Waals surface area contributed by atoms with Crippen molar-refractivity contribution in [2.45, 2.75) is 50.7 Å². The van der Waals surface area contributed by atoms with E-state index >= 15 is 0 Å². The minimum Gasteiger partial charge on any atom is -0.372 e. The van der Waals surface area contributed by atoms with Crippen LogP contribution >= 0.6 is 23.2 Å². The van der Waals surface area contributed by atoms with Crippen molar-refractivity contribution >= 4 is 23.2 Å². The molecule has 0 spiro atoms. The Morgan fingerprint density at radius 2 is 1.15 bits per heavy atom. The van der Waals surface area contributed by atoms with Gasteiger partial charge in [0.1, 0.15) is 0 Å². The molecular weight excluding hydrogens is 375 g/mol. The van der Waals surface area contributed by atoms with Gasteiger partial charge in [-0.05, 0) is 36.1 Å². The summed E-state index contributed by atoms with van der Waals surface area (Å²) < 4.78 is 6.47. The monoisotopic (exact) mass is 398 g/mol. The second kappa shape index (κ2) is 10.4. The molecule has 0 N–H and O–H groups in total. The Balaban J connectivity index is 2.31. The average molecular weight is 399 g/mol. The van der Waals surface area contributed by atoms with Gasteiger partial charge in [0.15, 0.2) is 0 Å². The van der Waals surface area contributed by atoms with E-state index in [0.29, 0.717) is 10.0 Å². The summed E-state index contributed by atoms with van der Waals surface area (Å²) in [6.07, 6.45) is 12.8. The Hall–Kier alpha value is -1.90. The normalized spacial score (nSPS) is 15.2. The highest BCUT2D eigenvalue weighted by Crippen LogP contribution is 2.34. The van der Waals surface area contributed by atoms with Crippen LogP contribution < -0.4 is 0 Å². The first-order valence-corrected chi connectivity index (χ1v) is 9.89. The molecule has 4 unspecified atom stereocenters. The maximum absolute atomic E-state index is 6.47. The molecule has 0 amide bonds. The maximum Gasteiger partial charge on any atom is 0.0755 e. The minimum absolute atomic E-state index is 0.196. The van der Waals surface area contributed by atoms with Crippen LogP contribution in [-0.4, -0.2) is 12.2 Å². The molecule has 27 heavy (non-hydrogen) atoms. The molecule has 3 heteroatoms. The summed E-state index contributed by atoms with van der Waals surface area (Å²) in [5.41, 5.74) is 1.80. The topological polar surface area (TPSA) is 9.23 Å². The summed E-state index contributed by atoms with van der Waals surface area (Å²) in [4.78, 5) is 0. The number of terminal acetylenes is 2. The van der Waals surface area contributed by atoms with Crippen LogP contribution in [0.3, 0.4) is 0 Å². The highest BCUT2D eigenvalue weighted by atomic mass is 35.5. The highest BCUT2D eigenvalue weighted by Gasteiger charge is 2.29. The fourth-order valence-electron chi connectivity index (χ4n) is 3.29. The van der Waals surface area contributed by atoms with Crippen molar-refractivity contribution in [2.75, 3.05) is 0 Å². The zero-order chi connectivity index (χ0) is 19.8. The lowest BCUT2D eigenvalue weighted by molar-refractivity contribution is -0.0267. The molecule has 140 valence electrons. The summed E-state index contributed by atoms with van der Waals surface area (Å²) in [6, 6.07) is 15.2. The summed E-state index contributed by atoms with van der Waals surface area (Å²) in [5.74, 6) is 5.23. The zero-order valence-electron chi connectivity index (χ0n) is 15.7. The van der Waals surface area contributed by atoms with E-state index in [1.165, 1.54) is 0 Å². The van der Waals surface area contributed by atoms with Crippen LogP contribution in [0.5, 0.6) is 0 Å². The lowest BCUT2D eigenvalue weighted by Gasteiger charge is -2.31. The van der Waals surface area contributed by atoms with E-state index in [9.17, 15) is 0 Å². The smallest absolute Gasteiger partial charge is 0.0755 e. The second-order valence-electron chi connectivity index (χ2n) is 6.36.